The van der Waals surface area contributed by atoms with Gasteiger partial charge < -0.3 is 4.90 Å². The zero-order valence-electron chi connectivity index (χ0n) is 14.5. The van der Waals surface area contributed by atoms with E-state index in [9.17, 15) is 0 Å². The summed E-state index contributed by atoms with van der Waals surface area (Å²) in [7, 11) is 0. The lowest BCUT2D eigenvalue weighted by molar-refractivity contribution is 1.28. The van der Waals surface area contributed by atoms with Crippen LogP contribution >= 0.6 is 31.9 Å². The van der Waals surface area contributed by atoms with Crippen LogP contribution in [0.3, 0.4) is 0 Å². The van der Waals surface area contributed by atoms with Gasteiger partial charge in [-0.05, 0) is 71.8 Å². The van der Waals surface area contributed by atoms with Gasteiger partial charge in [-0.3, -0.25) is 0 Å². The van der Waals surface area contributed by atoms with Gasteiger partial charge in [0.05, 0.1) is 0 Å². The number of nitrogens with zero attached hydrogens (tertiary/aromatic N) is 1. The standard InChI is InChI=1S/C24H17Br2N/c25-20-10-6-18(7-11-20)19-8-14-23(15-9-19)27(22-4-2-1-3-5-22)24-16-12-21(26)13-17-24/h1-17H. The first-order valence-corrected chi connectivity index (χ1v) is 10.3. The van der Waals surface area contributed by atoms with Crippen molar-refractivity contribution in [1.29, 1.82) is 0 Å². The van der Waals surface area contributed by atoms with Crippen LogP contribution in [0.1, 0.15) is 0 Å². The smallest absolute Gasteiger partial charge is 0.0462 e. The first-order valence-electron chi connectivity index (χ1n) is 8.67. The summed E-state index contributed by atoms with van der Waals surface area (Å²) in [5.74, 6) is 0. The monoisotopic (exact) mass is 477 g/mol. The molecule has 0 fully saturated rings. The molecular formula is C24H17Br2N. The zero-order valence-corrected chi connectivity index (χ0v) is 17.7. The molecule has 0 spiro atoms. The number of anilines is 3. The highest BCUT2D eigenvalue weighted by molar-refractivity contribution is 9.10. The Labute approximate surface area is 176 Å². The highest BCUT2D eigenvalue weighted by atomic mass is 79.9. The predicted octanol–water partition coefficient (Wildman–Crippen LogP) is 8.35. The molecule has 0 saturated carbocycles. The minimum Gasteiger partial charge on any atom is -0.311 e. The van der Waals surface area contributed by atoms with E-state index in [1.54, 1.807) is 0 Å². The molecule has 0 aliphatic heterocycles. The molecule has 4 aromatic carbocycles. The van der Waals surface area contributed by atoms with Crippen molar-refractivity contribution in [1.82, 2.24) is 0 Å². The van der Waals surface area contributed by atoms with Crippen LogP contribution in [0.2, 0.25) is 0 Å². The summed E-state index contributed by atoms with van der Waals surface area (Å²) in [6, 6.07) is 35.9. The van der Waals surface area contributed by atoms with Crippen LogP contribution in [0, 0.1) is 0 Å². The highest BCUT2D eigenvalue weighted by Crippen LogP contribution is 2.36. The summed E-state index contributed by atoms with van der Waals surface area (Å²) in [4.78, 5) is 2.26. The third-order valence-corrected chi connectivity index (χ3v) is 5.46. The van der Waals surface area contributed by atoms with Crippen molar-refractivity contribution in [3.05, 3.63) is 112 Å². The van der Waals surface area contributed by atoms with E-state index < -0.39 is 0 Å². The van der Waals surface area contributed by atoms with Crippen LogP contribution < -0.4 is 4.90 Å². The van der Waals surface area contributed by atoms with Gasteiger partial charge in [-0.15, -0.1) is 0 Å². The molecule has 1 nitrogen and oxygen atoms in total. The van der Waals surface area contributed by atoms with E-state index in [2.05, 4.69) is 134 Å². The van der Waals surface area contributed by atoms with Crippen molar-refractivity contribution in [3.63, 3.8) is 0 Å². The molecule has 0 amide bonds. The Morgan fingerprint density at radius 1 is 0.407 bits per heavy atom. The molecule has 3 heteroatoms. The van der Waals surface area contributed by atoms with Gasteiger partial charge in [0.15, 0.2) is 0 Å². The van der Waals surface area contributed by atoms with Gasteiger partial charge in [-0.2, -0.15) is 0 Å². The van der Waals surface area contributed by atoms with Crippen LogP contribution in [-0.2, 0) is 0 Å². The van der Waals surface area contributed by atoms with Crippen LogP contribution in [0.5, 0.6) is 0 Å². The molecule has 27 heavy (non-hydrogen) atoms. The van der Waals surface area contributed by atoms with E-state index in [0.29, 0.717) is 0 Å². The van der Waals surface area contributed by atoms with Gasteiger partial charge in [0, 0.05) is 26.0 Å². The van der Waals surface area contributed by atoms with Crippen molar-refractivity contribution in [3.8, 4) is 11.1 Å². The maximum absolute atomic E-state index is 3.53. The average molecular weight is 479 g/mol. The highest BCUT2D eigenvalue weighted by Gasteiger charge is 2.12. The Balaban J connectivity index is 1.74. The molecule has 0 saturated heterocycles. The number of hydrogen-bond donors (Lipinski definition) is 0. The Hall–Kier alpha value is -2.36. The minimum atomic E-state index is 1.07. The summed E-state index contributed by atoms with van der Waals surface area (Å²) in [5, 5.41) is 0. The lowest BCUT2D eigenvalue weighted by Crippen LogP contribution is -2.09. The normalized spacial score (nSPS) is 10.6. The van der Waals surface area contributed by atoms with E-state index in [-0.39, 0.29) is 0 Å². The Bertz CT molecular complexity index is 1010. The van der Waals surface area contributed by atoms with Gasteiger partial charge in [-0.1, -0.05) is 74.3 Å². The summed E-state index contributed by atoms with van der Waals surface area (Å²) in [6.45, 7) is 0. The average Bonchev–Trinajstić information content (AvgIpc) is 2.72. The maximum atomic E-state index is 3.53. The van der Waals surface area contributed by atoms with Gasteiger partial charge >= 0.3 is 0 Å². The number of para-hydroxylation sites is 1. The van der Waals surface area contributed by atoms with E-state index in [1.165, 1.54) is 11.1 Å². The van der Waals surface area contributed by atoms with Crippen molar-refractivity contribution in [2.24, 2.45) is 0 Å². The third kappa shape index (κ3) is 4.15. The molecule has 0 radical (unpaired) electrons. The fourth-order valence-corrected chi connectivity index (χ4v) is 3.59. The fraction of sp³-hybridized carbons (Fsp3) is 0. The van der Waals surface area contributed by atoms with Gasteiger partial charge in [0.2, 0.25) is 0 Å². The second kappa shape index (κ2) is 8.12. The van der Waals surface area contributed by atoms with Gasteiger partial charge in [-0.25, -0.2) is 0 Å². The summed E-state index contributed by atoms with van der Waals surface area (Å²) in [6.07, 6.45) is 0. The molecule has 0 aliphatic carbocycles. The number of hydrogen-bond acceptors (Lipinski definition) is 1. The van der Waals surface area contributed by atoms with E-state index in [4.69, 9.17) is 0 Å². The minimum absolute atomic E-state index is 1.07. The molecule has 0 atom stereocenters. The Morgan fingerprint density at radius 2 is 0.778 bits per heavy atom. The van der Waals surface area contributed by atoms with Crippen molar-refractivity contribution in [2.75, 3.05) is 4.90 Å². The third-order valence-electron chi connectivity index (χ3n) is 4.40. The molecule has 0 bridgehead atoms. The molecule has 0 unspecified atom stereocenters. The van der Waals surface area contributed by atoms with Crippen molar-refractivity contribution >= 4 is 48.9 Å². The number of benzene rings is 4. The second-order valence-corrected chi connectivity index (χ2v) is 8.03. The van der Waals surface area contributed by atoms with E-state index in [1.807, 2.05) is 6.07 Å². The molecule has 4 aromatic rings. The van der Waals surface area contributed by atoms with Gasteiger partial charge in [0.25, 0.3) is 0 Å². The predicted molar refractivity (Wildman–Crippen MR) is 122 cm³/mol. The van der Waals surface area contributed by atoms with E-state index >= 15 is 0 Å². The summed E-state index contributed by atoms with van der Waals surface area (Å²) in [5.41, 5.74) is 5.80. The summed E-state index contributed by atoms with van der Waals surface area (Å²) < 4.78 is 2.17. The molecule has 0 aromatic heterocycles. The molecule has 0 N–H and O–H groups in total. The molecular weight excluding hydrogens is 462 g/mol. The van der Waals surface area contributed by atoms with Gasteiger partial charge in [0.1, 0.15) is 0 Å². The second-order valence-electron chi connectivity index (χ2n) is 6.20. The Kier molecular flexibility index (Phi) is 5.42. The maximum Gasteiger partial charge on any atom is 0.0462 e. The van der Waals surface area contributed by atoms with Crippen LogP contribution in [-0.4, -0.2) is 0 Å². The first-order chi connectivity index (χ1) is 13.2. The molecule has 0 aliphatic rings. The number of rotatable bonds is 4. The van der Waals surface area contributed by atoms with Crippen molar-refractivity contribution in [2.45, 2.75) is 0 Å². The van der Waals surface area contributed by atoms with Crippen LogP contribution in [0.15, 0.2) is 112 Å². The summed E-state index contributed by atoms with van der Waals surface area (Å²) >= 11 is 7.02. The molecule has 132 valence electrons. The van der Waals surface area contributed by atoms with Crippen LogP contribution in [0.4, 0.5) is 17.1 Å². The van der Waals surface area contributed by atoms with Crippen LogP contribution in [0.25, 0.3) is 11.1 Å². The topological polar surface area (TPSA) is 3.24 Å². The lowest BCUT2D eigenvalue weighted by Gasteiger charge is -2.25. The fourth-order valence-electron chi connectivity index (χ4n) is 3.06. The number of halogens is 2. The quantitative estimate of drug-likeness (QED) is 0.284. The first kappa shape index (κ1) is 18.0. The largest absolute Gasteiger partial charge is 0.311 e. The lowest BCUT2D eigenvalue weighted by atomic mass is 10.0. The molecule has 0 heterocycles. The van der Waals surface area contributed by atoms with E-state index in [0.717, 1.165) is 26.0 Å². The SMILES string of the molecule is Brc1ccc(-c2ccc(N(c3ccccc3)c3ccc(Br)cc3)cc2)cc1. The zero-order chi connectivity index (χ0) is 18.6. The molecule has 4 rings (SSSR count). The Morgan fingerprint density at radius 3 is 1.30 bits per heavy atom. The van der Waals surface area contributed by atoms with Crippen molar-refractivity contribution < 1.29 is 0 Å².